The molecule has 1 atom stereocenters. The van der Waals surface area contributed by atoms with Crippen LogP contribution >= 0.6 is 22.7 Å². The summed E-state index contributed by atoms with van der Waals surface area (Å²) in [4.78, 5) is 32.8. The van der Waals surface area contributed by atoms with Crippen molar-refractivity contribution in [3.8, 4) is 5.75 Å². The largest absolute Gasteiger partial charge is 0.506 e. The number of aromatic amines is 1. The van der Waals surface area contributed by atoms with E-state index in [2.05, 4.69) is 16.8 Å². The third-order valence-electron chi connectivity index (χ3n) is 9.20. The van der Waals surface area contributed by atoms with E-state index in [0.717, 1.165) is 74.1 Å². The van der Waals surface area contributed by atoms with E-state index in [1.807, 2.05) is 28.5 Å². The van der Waals surface area contributed by atoms with Crippen molar-refractivity contribution in [2.45, 2.75) is 70.1 Å². The lowest BCUT2D eigenvalue weighted by Crippen LogP contribution is -2.57. The highest BCUT2D eigenvalue weighted by atomic mass is 32.1. The number of H-pyrrole nitrogens is 1. The van der Waals surface area contributed by atoms with Gasteiger partial charge in [0.25, 0.3) is 5.91 Å². The maximum Gasteiger partial charge on any atom is 0.305 e. The van der Waals surface area contributed by atoms with Crippen molar-refractivity contribution >= 4 is 38.8 Å². The van der Waals surface area contributed by atoms with Gasteiger partial charge >= 0.3 is 4.87 Å². The molecule has 0 bridgehead atoms. The highest BCUT2D eigenvalue weighted by Gasteiger charge is 2.41. The number of hydrogen-bond acceptors (Lipinski definition) is 8. The first-order valence-electron chi connectivity index (χ1n) is 15.8. The van der Waals surface area contributed by atoms with Crippen LogP contribution in [0.15, 0.2) is 46.6 Å². The summed E-state index contributed by atoms with van der Waals surface area (Å²) in [7, 11) is 0. The molecule has 1 spiro atoms. The SMILES string of the molecule is CCc1cc(C(=O)N2CCOC3(CCN(Cc4cc(CCCC[C@H](O)c5ccc(O)c6[nH]c(=O)sc56)ccc4F)CC3)C2)cs1. The van der Waals surface area contributed by atoms with Gasteiger partial charge in [-0.05, 0) is 62.3 Å². The molecular formula is C34H40FN3O5S2. The van der Waals surface area contributed by atoms with E-state index in [4.69, 9.17) is 4.74 Å². The quantitative estimate of drug-likeness (QED) is 0.181. The van der Waals surface area contributed by atoms with E-state index in [0.29, 0.717) is 54.0 Å². The predicted molar refractivity (Wildman–Crippen MR) is 176 cm³/mol. The Hall–Kier alpha value is -3.09. The van der Waals surface area contributed by atoms with Gasteiger partial charge in [0.15, 0.2) is 0 Å². The number of thiophene rings is 1. The molecule has 2 fully saturated rings. The summed E-state index contributed by atoms with van der Waals surface area (Å²) in [6, 6.07) is 10.5. The maximum atomic E-state index is 14.9. The number of morpholine rings is 1. The predicted octanol–water partition coefficient (Wildman–Crippen LogP) is 6.01. The molecule has 2 aliphatic heterocycles. The van der Waals surface area contributed by atoms with E-state index in [1.54, 1.807) is 23.5 Å². The minimum atomic E-state index is -0.742. The number of aryl methyl sites for hydroxylation is 2. The Morgan fingerprint density at radius 3 is 2.76 bits per heavy atom. The molecule has 0 radical (unpaired) electrons. The Labute approximate surface area is 270 Å². The molecule has 240 valence electrons. The van der Waals surface area contributed by atoms with Crippen molar-refractivity contribution in [1.82, 2.24) is 14.8 Å². The van der Waals surface area contributed by atoms with Gasteiger partial charge in [-0.3, -0.25) is 14.5 Å². The molecule has 2 saturated heterocycles. The fourth-order valence-electron chi connectivity index (χ4n) is 6.57. The molecule has 0 unspecified atom stereocenters. The number of amides is 1. The number of phenolic OH excluding ortho intramolecular Hbond substituents is 1. The first-order chi connectivity index (χ1) is 21.7. The zero-order valence-corrected chi connectivity index (χ0v) is 27.2. The number of piperidine rings is 1. The number of halogens is 1. The number of unbranched alkanes of at least 4 members (excludes halogenated alkanes) is 1. The number of carbonyl (C=O) groups is 1. The summed E-state index contributed by atoms with van der Waals surface area (Å²) in [6.07, 6.45) is 4.68. The summed E-state index contributed by atoms with van der Waals surface area (Å²) in [5, 5.41) is 22.8. The van der Waals surface area contributed by atoms with Crippen LogP contribution < -0.4 is 4.87 Å². The standard InChI is InChI=1S/C34H40FN3O5S2/c1-2-25-18-24(20-44-25)32(41)38-15-16-43-34(21-38)11-13-37(14-12-34)19-23-17-22(7-9-27(23)35)5-3-4-6-28(39)26-8-10-29(40)30-31(26)45-33(42)36-30/h7-10,17-18,20,28,39-40H,2-6,11-16,19,21H2,1H3,(H,36,42)/t28-/m0/s1. The number of likely N-dealkylation sites (tertiary alicyclic amines) is 1. The second kappa shape index (κ2) is 13.7. The monoisotopic (exact) mass is 653 g/mol. The van der Waals surface area contributed by atoms with E-state index in [1.165, 1.54) is 10.9 Å². The molecule has 0 aliphatic carbocycles. The molecule has 2 aromatic heterocycles. The first-order valence-corrected chi connectivity index (χ1v) is 17.5. The van der Waals surface area contributed by atoms with Crippen molar-refractivity contribution in [1.29, 1.82) is 0 Å². The van der Waals surface area contributed by atoms with Gasteiger partial charge in [0, 0.05) is 47.6 Å². The molecule has 4 aromatic rings. The Morgan fingerprint density at radius 2 is 1.98 bits per heavy atom. The minimum absolute atomic E-state index is 0.00357. The molecule has 4 heterocycles. The maximum absolute atomic E-state index is 14.9. The average Bonchev–Trinajstić information content (AvgIpc) is 3.69. The van der Waals surface area contributed by atoms with Crippen molar-refractivity contribution in [2.75, 3.05) is 32.8 Å². The molecule has 3 N–H and O–H groups in total. The normalized spacial score (nSPS) is 17.7. The van der Waals surface area contributed by atoms with Crippen LogP contribution in [0, 0.1) is 5.82 Å². The van der Waals surface area contributed by atoms with Gasteiger partial charge in [0.1, 0.15) is 17.1 Å². The van der Waals surface area contributed by atoms with Gasteiger partial charge in [-0.25, -0.2) is 4.39 Å². The van der Waals surface area contributed by atoms with Crippen LogP contribution in [-0.4, -0.2) is 69.3 Å². The van der Waals surface area contributed by atoms with Crippen LogP contribution in [0.25, 0.3) is 10.2 Å². The van der Waals surface area contributed by atoms with Crippen LogP contribution in [-0.2, 0) is 24.1 Å². The summed E-state index contributed by atoms with van der Waals surface area (Å²) in [6.45, 7) is 5.93. The second-order valence-corrected chi connectivity index (χ2v) is 14.2. The summed E-state index contributed by atoms with van der Waals surface area (Å²) < 4.78 is 21.7. The van der Waals surface area contributed by atoms with Crippen LogP contribution in [0.1, 0.15) is 77.1 Å². The Kier molecular flexibility index (Phi) is 9.72. The molecular weight excluding hydrogens is 614 g/mol. The Bertz CT molecular complexity index is 1710. The topological polar surface area (TPSA) is 106 Å². The number of aliphatic hydroxyl groups is 1. The third-order valence-corrected chi connectivity index (χ3v) is 11.2. The fourth-order valence-corrected chi connectivity index (χ4v) is 8.30. The van der Waals surface area contributed by atoms with Gasteiger partial charge in [-0.2, -0.15) is 0 Å². The number of fused-ring (bicyclic) bond motifs is 1. The summed E-state index contributed by atoms with van der Waals surface area (Å²) in [5.41, 5.74) is 3.19. The Morgan fingerprint density at radius 1 is 1.16 bits per heavy atom. The average molecular weight is 654 g/mol. The van der Waals surface area contributed by atoms with Crippen molar-refractivity contribution in [3.05, 3.63) is 84.4 Å². The number of hydrogen-bond donors (Lipinski definition) is 3. The van der Waals surface area contributed by atoms with Crippen LogP contribution in [0.4, 0.5) is 4.39 Å². The molecule has 8 nitrogen and oxygen atoms in total. The minimum Gasteiger partial charge on any atom is -0.506 e. The van der Waals surface area contributed by atoms with Crippen LogP contribution in [0.5, 0.6) is 5.75 Å². The van der Waals surface area contributed by atoms with E-state index >= 15 is 0 Å². The van der Waals surface area contributed by atoms with Crippen molar-refractivity contribution in [3.63, 3.8) is 0 Å². The van der Waals surface area contributed by atoms with Crippen molar-refractivity contribution < 1.29 is 24.1 Å². The lowest BCUT2D eigenvalue weighted by Gasteiger charge is -2.47. The third kappa shape index (κ3) is 7.18. The van der Waals surface area contributed by atoms with E-state index in [-0.39, 0.29) is 27.9 Å². The van der Waals surface area contributed by atoms with E-state index in [9.17, 15) is 24.2 Å². The highest BCUT2D eigenvalue weighted by molar-refractivity contribution is 7.16. The molecule has 6 rings (SSSR count). The lowest BCUT2D eigenvalue weighted by atomic mass is 9.89. The number of aromatic nitrogens is 1. The Balaban J connectivity index is 0.990. The number of benzene rings is 2. The summed E-state index contributed by atoms with van der Waals surface area (Å²) in [5.74, 6) is -0.124. The fraction of sp³-hybridized carbons (Fsp3) is 0.471. The molecule has 11 heteroatoms. The van der Waals surface area contributed by atoms with Gasteiger partial charge < -0.3 is 24.8 Å². The lowest BCUT2D eigenvalue weighted by molar-refractivity contribution is -0.128. The number of aromatic hydroxyl groups is 1. The van der Waals surface area contributed by atoms with Gasteiger partial charge in [-0.1, -0.05) is 42.9 Å². The van der Waals surface area contributed by atoms with Crippen molar-refractivity contribution in [2.24, 2.45) is 0 Å². The molecule has 1 amide bonds. The molecule has 2 aromatic carbocycles. The molecule has 45 heavy (non-hydrogen) atoms. The van der Waals surface area contributed by atoms with Gasteiger partial charge in [0.05, 0.1) is 35.1 Å². The molecule has 2 aliphatic rings. The van der Waals surface area contributed by atoms with Gasteiger partial charge in [-0.15, -0.1) is 11.3 Å². The first kappa shape index (κ1) is 31.9. The number of ether oxygens (including phenoxy) is 1. The number of nitrogens with zero attached hydrogens (tertiary/aromatic N) is 2. The number of carbonyl (C=O) groups excluding carboxylic acids is 1. The van der Waals surface area contributed by atoms with E-state index < -0.39 is 6.10 Å². The second-order valence-electron chi connectivity index (χ2n) is 12.3. The number of rotatable bonds is 10. The van der Waals surface area contributed by atoms with Gasteiger partial charge in [0.2, 0.25) is 0 Å². The highest BCUT2D eigenvalue weighted by Crippen LogP contribution is 2.34. The summed E-state index contributed by atoms with van der Waals surface area (Å²) >= 11 is 2.63. The van der Waals surface area contributed by atoms with Crippen LogP contribution in [0.2, 0.25) is 0 Å². The number of thiazole rings is 1. The van der Waals surface area contributed by atoms with Crippen LogP contribution in [0.3, 0.4) is 0 Å². The zero-order valence-electron chi connectivity index (χ0n) is 25.5. The number of nitrogens with one attached hydrogen (secondary N) is 1. The molecule has 0 saturated carbocycles. The smallest absolute Gasteiger partial charge is 0.305 e. The number of aliphatic hydroxyl groups excluding tert-OH is 1. The zero-order chi connectivity index (χ0) is 31.6. The number of phenols is 1.